The lowest BCUT2D eigenvalue weighted by Crippen LogP contribution is -2.40. The second kappa shape index (κ2) is 6.23. The molecule has 22 heavy (non-hydrogen) atoms. The number of aryl methyl sites for hydroxylation is 3. The SMILES string of the molecule is Cc1ccc(NC(=O)NCC(C)(O)c2ccc(C)o2)c(C)c1. The van der Waals surface area contributed by atoms with Gasteiger partial charge in [-0.2, -0.15) is 0 Å². The zero-order valence-corrected chi connectivity index (χ0v) is 13.4. The number of urea groups is 1. The number of hydrogen-bond acceptors (Lipinski definition) is 3. The van der Waals surface area contributed by atoms with Crippen molar-refractivity contribution >= 4 is 11.7 Å². The van der Waals surface area contributed by atoms with Gasteiger partial charge in [0.25, 0.3) is 0 Å². The van der Waals surface area contributed by atoms with Crippen LogP contribution in [0.4, 0.5) is 10.5 Å². The average molecular weight is 302 g/mol. The van der Waals surface area contributed by atoms with E-state index in [-0.39, 0.29) is 12.6 Å². The van der Waals surface area contributed by atoms with Crippen LogP contribution in [0.5, 0.6) is 0 Å². The highest BCUT2D eigenvalue weighted by Crippen LogP contribution is 2.22. The molecule has 1 atom stereocenters. The Kier molecular flexibility index (Phi) is 4.56. The Hall–Kier alpha value is -2.27. The molecule has 0 aliphatic rings. The van der Waals surface area contributed by atoms with Crippen molar-refractivity contribution in [2.45, 2.75) is 33.3 Å². The van der Waals surface area contributed by atoms with Crippen LogP contribution in [0.15, 0.2) is 34.7 Å². The molecule has 0 saturated heterocycles. The van der Waals surface area contributed by atoms with Crippen molar-refractivity contribution in [3.8, 4) is 0 Å². The lowest BCUT2D eigenvalue weighted by molar-refractivity contribution is 0.0364. The number of furan rings is 1. The molecule has 0 aliphatic carbocycles. The van der Waals surface area contributed by atoms with E-state index in [9.17, 15) is 9.90 Å². The highest BCUT2D eigenvalue weighted by atomic mass is 16.4. The van der Waals surface area contributed by atoms with Crippen molar-refractivity contribution in [3.63, 3.8) is 0 Å². The second-order valence-electron chi connectivity index (χ2n) is 5.81. The summed E-state index contributed by atoms with van der Waals surface area (Å²) < 4.78 is 5.41. The molecule has 0 saturated carbocycles. The number of benzene rings is 1. The molecular weight excluding hydrogens is 280 g/mol. The third-order valence-corrected chi connectivity index (χ3v) is 3.49. The van der Waals surface area contributed by atoms with Crippen LogP contribution in [0.1, 0.15) is 29.6 Å². The van der Waals surface area contributed by atoms with E-state index in [0.29, 0.717) is 5.76 Å². The van der Waals surface area contributed by atoms with E-state index in [0.717, 1.165) is 22.6 Å². The standard InChI is InChI=1S/C17H22N2O3/c1-11-5-7-14(12(2)9-11)19-16(20)18-10-17(4,21)15-8-6-13(3)22-15/h5-9,21H,10H2,1-4H3,(H2,18,19,20). The van der Waals surface area contributed by atoms with Crippen LogP contribution in [0.25, 0.3) is 0 Å². The van der Waals surface area contributed by atoms with Crippen molar-refractivity contribution in [2.24, 2.45) is 0 Å². The van der Waals surface area contributed by atoms with Gasteiger partial charge in [0.1, 0.15) is 17.1 Å². The maximum atomic E-state index is 12.0. The van der Waals surface area contributed by atoms with Gasteiger partial charge in [-0.25, -0.2) is 4.79 Å². The van der Waals surface area contributed by atoms with Crippen LogP contribution in [0.2, 0.25) is 0 Å². The van der Waals surface area contributed by atoms with Gasteiger partial charge in [0.2, 0.25) is 0 Å². The molecular formula is C17H22N2O3. The van der Waals surface area contributed by atoms with Gasteiger partial charge in [-0.1, -0.05) is 17.7 Å². The Morgan fingerprint density at radius 2 is 1.95 bits per heavy atom. The van der Waals surface area contributed by atoms with Crippen LogP contribution in [0, 0.1) is 20.8 Å². The molecule has 1 heterocycles. The maximum Gasteiger partial charge on any atom is 0.319 e. The Morgan fingerprint density at radius 1 is 1.23 bits per heavy atom. The van der Waals surface area contributed by atoms with Gasteiger partial charge in [-0.05, 0) is 51.5 Å². The summed E-state index contributed by atoms with van der Waals surface area (Å²) in [6.07, 6.45) is 0. The summed E-state index contributed by atoms with van der Waals surface area (Å²) in [5.41, 5.74) is 1.62. The first-order valence-electron chi connectivity index (χ1n) is 7.19. The number of anilines is 1. The van der Waals surface area contributed by atoms with Gasteiger partial charge < -0.3 is 20.2 Å². The highest BCUT2D eigenvalue weighted by Gasteiger charge is 2.27. The summed E-state index contributed by atoms with van der Waals surface area (Å²) in [6.45, 7) is 7.39. The Balaban J connectivity index is 1.95. The van der Waals surface area contributed by atoms with Crippen molar-refractivity contribution in [1.29, 1.82) is 0 Å². The molecule has 5 heteroatoms. The molecule has 1 aromatic heterocycles. The minimum atomic E-state index is -1.26. The van der Waals surface area contributed by atoms with Gasteiger partial charge in [-0.3, -0.25) is 0 Å². The Labute approximate surface area is 130 Å². The van der Waals surface area contributed by atoms with E-state index in [1.54, 1.807) is 26.0 Å². The molecule has 1 aromatic carbocycles. The normalized spacial score (nSPS) is 13.5. The fourth-order valence-corrected chi connectivity index (χ4v) is 2.18. The second-order valence-corrected chi connectivity index (χ2v) is 5.81. The summed E-state index contributed by atoms with van der Waals surface area (Å²) in [6, 6.07) is 8.91. The van der Waals surface area contributed by atoms with Crippen LogP contribution in [0.3, 0.4) is 0 Å². The van der Waals surface area contributed by atoms with E-state index in [4.69, 9.17) is 4.42 Å². The molecule has 5 nitrogen and oxygen atoms in total. The number of carbonyl (C=O) groups is 1. The van der Waals surface area contributed by atoms with Crippen LogP contribution >= 0.6 is 0 Å². The molecule has 2 aromatic rings. The van der Waals surface area contributed by atoms with Crippen molar-refractivity contribution in [2.75, 3.05) is 11.9 Å². The van der Waals surface area contributed by atoms with Gasteiger partial charge in [-0.15, -0.1) is 0 Å². The van der Waals surface area contributed by atoms with Gasteiger partial charge in [0.05, 0.1) is 6.54 Å². The first-order chi connectivity index (χ1) is 10.3. The van der Waals surface area contributed by atoms with Crippen LogP contribution in [-0.4, -0.2) is 17.7 Å². The third-order valence-electron chi connectivity index (χ3n) is 3.49. The minimum Gasteiger partial charge on any atom is -0.463 e. The third kappa shape index (κ3) is 3.89. The molecule has 0 spiro atoms. The van der Waals surface area contributed by atoms with E-state index in [2.05, 4.69) is 10.6 Å². The molecule has 0 aliphatic heterocycles. The quantitative estimate of drug-likeness (QED) is 0.811. The van der Waals surface area contributed by atoms with Gasteiger partial charge in [0, 0.05) is 5.69 Å². The number of rotatable bonds is 4. The fourth-order valence-electron chi connectivity index (χ4n) is 2.18. The van der Waals surface area contributed by atoms with E-state index >= 15 is 0 Å². The maximum absolute atomic E-state index is 12.0. The van der Waals surface area contributed by atoms with Crippen molar-refractivity contribution in [1.82, 2.24) is 5.32 Å². The summed E-state index contributed by atoms with van der Waals surface area (Å²) in [5, 5.41) is 15.8. The number of nitrogens with one attached hydrogen (secondary N) is 2. The Morgan fingerprint density at radius 3 is 2.55 bits per heavy atom. The van der Waals surface area contributed by atoms with E-state index < -0.39 is 5.60 Å². The molecule has 0 fully saturated rings. The minimum absolute atomic E-state index is 0.0523. The monoisotopic (exact) mass is 302 g/mol. The molecule has 2 amide bonds. The number of hydrogen-bond donors (Lipinski definition) is 3. The first-order valence-corrected chi connectivity index (χ1v) is 7.19. The number of carbonyl (C=O) groups excluding carboxylic acids is 1. The highest BCUT2D eigenvalue weighted by molar-refractivity contribution is 5.90. The molecule has 0 radical (unpaired) electrons. The zero-order chi connectivity index (χ0) is 16.3. The van der Waals surface area contributed by atoms with Gasteiger partial charge in [0.15, 0.2) is 0 Å². The summed E-state index contributed by atoms with van der Waals surface area (Å²) in [4.78, 5) is 12.0. The predicted octanol–water partition coefficient (Wildman–Crippen LogP) is 3.23. The van der Waals surface area contributed by atoms with Crippen LogP contribution in [-0.2, 0) is 5.60 Å². The summed E-state index contributed by atoms with van der Waals surface area (Å²) >= 11 is 0. The molecule has 118 valence electrons. The predicted molar refractivity (Wildman–Crippen MR) is 86.0 cm³/mol. The van der Waals surface area contributed by atoms with Crippen LogP contribution < -0.4 is 10.6 Å². The summed E-state index contributed by atoms with van der Waals surface area (Å²) in [5.74, 6) is 1.15. The molecule has 3 N–H and O–H groups in total. The topological polar surface area (TPSA) is 74.5 Å². The largest absolute Gasteiger partial charge is 0.463 e. The molecule has 2 rings (SSSR count). The number of aliphatic hydroxyl groups is 1. The first kappa shape index (κ1) is 16.1. The fraction of sp³-hybridized carbons (Fsp3) is 0.353. The van der Waals surface area contributed by atoms with E-state index in [1.165, 1.54) is 0 Å². The van der Waals surface area contributed by atoms with Crippen molar-refractivity contribution < 1.29 is 14.3 Å². The molecule has 1 unspecified atom stereocenters. The smallest absolute Gasteiger partial charge is 0.319 e. The average Bonchev–Trinajstić information content (AvgIpc) is 2.87. The van der Waals surface area contributed by atoms with Crippen molar-refractivity contribution in [3.05, 3.63) is 53.0 Å². The summed E-state index contributed by atoms with van der Waals surface area (Å²) in [7, 11) is 0. The number of amides is 2. The lowest BCUT2D eigenvalue weighted by atomic mass is 10.0. The van der Waals surface area contributed by atoms with E-state index in [1.807, 2.05) is 32.0 Å². The zero-order valence-electron chi connectivity index (χ0n) is 13.4. The van der Waals surface area contributed by atoms with Gasteiger partial charge >= 0.3 is 6.03 Å². The lowest BCUT2D eigenvalue weighted by Gasteiger charge is -2.21. The Bertz CT molecular complexity index is 674. The molecule has 0 bridgehead atoms.